The van der Waals surface area contributed by atoms with Gasteiger partial charge in [-0.05, 0) is 87.3 Å². The molecule has 0 saturated heterocycles. The standard InChI is InChI=1S/C51H43N3O2/c1-2-3-4-17-32-56-42-28-31-45(48(55)35-42)51-53-49(43-29-26-40(36-18-9-5-10-19-36)33-46(43)38-22-13-7-14-23-38)52-50(54-51)44-30-27-41(37-20-11-6-12-21-37)34-47(44)39-24-15-8-16-25-39/h5-16,18-31,33-35,55H,2-4,17,32H2,1H3. The number of hydrogen-bond acceptors (Lipinski definition) is 5. The Morgan fingerprint density at radius 3 is 1.27 bits per heavy atom. The van der Waals surface area contributed by atoms with Gasteiger partial charge >= 0.3 is 0 Å². The van der Waals surface area contributed by atoms with Gasteiger partial charge in [0.1, 0.15) is 11.5 Å². The molecule has 274 valence electrons. The molecule has 0 aliphatic heterocycles. The average molecular weight is 730 g/mol. The summed E-state index contributed by atoms with van der Waals surface area (Å²) >= 11 is 0. The lowest BCUT2D eigenvalue weighted by Gasteiger charge is -2.16. The Morgan fingerprint density at radius 1 is 0.393 bits per heavy atom. The largest absolute Gasteiger partial charge is 0.507 e. The van der Waals surface area contributed by atoms with Gasteiger partial charge in [0.2, 0.25) is 0 Å². The third kappa shape index (κ3) is 8.13. The zero-order chi connectivity index (χ0) is 38.1. The fraction of sp³-hybridized carbons (Fsp3) is 0.118. The van der Waals surface area contributed by atoms with Crippen molar-refractivity contribution in [3.05, 3.63) is 176 Å². The van der Waals surface area contributed by atoms with Crippen molar-refractivity contribution in [3.63, 3.8) is 0 Å². The Morgan fingerprint density at radius 2 is 0.821 bits per heavy atom. The lowest BCUT2D eigenvalue weighted by atomic mass is 9.93. The number of aromatic nitrogens is 3. The minimum Gasteiger partial charge on any atom is -0.507 e. The second kappa shape index (κ2) is 17.1. The number of benzene rings is 7. The highest BCUT2D eigenvalue weighted by molar-refractivity contribution is 5.88. The molecule has 8 aromatic rings. The summed E-state index contributed by atoms with van der Waals surface area (Å²) in [6, 6.07) is 59.6. The van der Waals surface area contributed by atoms with E-state index in [9.17, 15) is 5.11 Å². The normalized spacial score (nSPS) is 11.0. The molecule has 5 heteroatoms. The van der Waals surface area contributed by atoms with Gasteiger partial charge in [0.05, 0.1) is 12.2 Å². The Hall–Kier alpha value is -6.85. The van der Waals surface area contributed by atoms with Crippen molar-refractivity contribution in [2.75, 3.05) is 6.61 Å². The van der Waals surface area contributed by atoms with E-state index in [1.807, 2.05) is 60.7 Å². The van der Waals surface area contributed by atoms with E-state index in [2.05, 4.69) is 116 Å². The SMILES string of the molecule is CCCCCCOc1ccc(-c2nc(-c3ccc(-c4ccccc4)cc3-c3ccccc3)nc(-c3ccc(-c4ccccc4)cc3-c3ccccc3)n2)c(O)c1. The molecule has 0 spiro atoms. The molecule has 0 amide bonds. The smallest absolute Gasteiger partial charge is 0.167 e. The number of hydrogen-bond donors (Lipinski definition) is 1. The van der Waals surface area contributed by atoms with Gasteiger partial charge in [-0.2, -0.15) is 0 Å². The summed E-state index contributed by atoms with van der Waals surface area (Å²) in [5.41, 5.74) is 10.7. The number of aromatic hydroxyl groups is 1. The highest BCUT2D eigenvalue weighted by atomic mass is 16.5. The van der Waals surface area contributed by atoms with Crippen LogP contribution >= 0.6 is 0 Å². The van der Waals surface area contributed by atoms with E-state index < -0.39 is 0 Å². The Kier molecular flexibility index (Phi) is 11.0. The number of phenols is 1. The number of ether oxygens (including phenoxy) is 1. The zero-order valence-corrected chi connectivity index (χ0v) is 31.5. The fourth-order valence-electron chi connectivity index (χ4n) is 7.06. The van der Waals surface area contributed by atoms with Crippen LogP contribution in [0.3, 0.4) is 0 Å². The number of rotatable bonds is 13. The second-order valence-corrected chi connectivity index (χ2v) is 13.9. The number of unbranched alkanes of at least 4 members (excludes halogenated alkanes) is 3. The first-order valence-electron chi connectivity index (χ1n) is 19.4. The molecular formula is C51H43N3O2. The van der Waals surface area contributed by atoms with Crippen molar-refractivity contribution in [1.82, 2.24) is 15.0 Å². The maximum Gasteiger partial charge on any atom is 0.167 e. The van der Waals surface area contributed by atoms with Gasteiger partial charge in [-0.15, -0.1) is 0 Å². The summed E-state index contributed by atoms with van der Waals surface area (Å²) in [4.78, 5) is 15.5. The maximum atomic E-state index is 11.5. The molecule has 1 aromatic heterocycles. The van der Waals surface area contributed by atoms with Gasteiger partial charge in [-0.25, -0.2) is 15.0 Å². The van der Waals surface area contributed by atoms with Crippen molar-refractivity contribution in [2.45, 2.75) is 32.6 Å². The van der Waals surface area contributed by atoms with E-state index >= 15 is 0 Å². The summed E-state index contributed by atoms with van der Waals surface area (Å²) < 4.78 is 6.02. The first-order chi connectivity index (χ1) is 27.6. The van der Waals surface area contributed by atoms with Crippen molar-refractivity contribution in [1.29, 1.82) is 0 Å². The molecule has 0 radical (unpaired) electrons. The van der Waals surface area contributed by atoms with Crippen molar-refractivity contribution >= 4 is 0 Å². The first-order valence-corrected chi connectivity index (χ1v) is 19.4. The predicted octanol–water partition coefficient (Wildman–Crippen LogP) is 13.2. The van der Waals surface area contributed by atoms with Crippen LogP contribution in [0.2, 0.25) is 0 Å². The zero-order valence-electron chi connectivity index (χ0n) is 31.5. The molecule has 0 saturated carbocycles. The monoisotopic (exact) mass is 729 g/mol. The van der Waals surface area contributed by atoms with Crippen LogP contribution in [0, 0.1) is 0 Å². The van der Waals surface area contributed by atoms with E-state index in [-0.39, 0.29) is 5.75 Å². The van der Waals surface area contributed by atoms with Crippen LogP contribution in [0.15, 0.2) is 176 Å². The van der Waals surface area contributed by atoms with Crippen molar-refractivity contribution in [2.24, 2.45) is 0 Å². The van der Waals surface area contributed by atoms with Gasteiger partial charge in [0.25, 0.3) is 0 Å². The van der Waals surface area contributed by atoms with Crippen LogP contribution in [-0.4, -0.2) is 26.7 Å². The van der Waals surface area contributed by atoms with E-state index in [1.54, 1.807) is 6.07 Å². The van der Waals surface area contributed by atoms with Crippen LogP contribution in [0.1, 0.15) is 32.6 Å². The van der Waals surface area contributed by atoms with Gasteiger partial charge in [0.15, 0.2) is 17.5 Å². The van der Waals surface area contributed by atoms with Gasteiger partial charge in [0, 0.05) is 17.2 Å². The first kappa shape index (κ1) is 36.1. The molecule has 0 fully saturated rings. The summed E-state index contributed by atoms with van der Waals surface area (Å²) in [5.74, 6) is 2.04. The molecule has 0 aliphatic carbocycles. The highest BCUT2D eigenvalue weighted by Gasteiger charge is 2.21. The molecule has 5 nitrogen and oxygen atoms in total. The molecule has 1 heterocycles. The Balaban J connectivity index is 1.31. The summed E-state index contributed by atoms with van der Waals surface area (Å²) in [6.45, 7) is 2.79. The summed E-state index contributed by atoms with van der Waals surface area (Å²) in [6.07, 6.45) is 4.43. The third-order valence-corrected chi connectivity index (χ3v) is 10.0. The van der Waals surface area contributed by atoms with Crippen LogP contribution in [-0.2, 0) is 0 Å². The van der Waals surface area contributed by atoms with Crippen LogP contribution in [0.4, 0.5) is 0 Å². The molecule has 0 aliphatic rings. The fourth-order valence-corrected chi connectivity index (χ4v) is 7.06. The quantitative estimate of drug-likeness (QED) is 0.120. The van der Waals surface area contributed by atoms with Crippen LogP contribution in [0.5, 0.6) is 11.5 Å². The van der Waals surface area contributed by atoms with E-state index in [1.165, 1.54) is 12.8 Å². The second-order valence-electron chi connectivity index (χ2n) is 13.9. The predicted molar refractivity (Wildman–Crippen MR) is 229 cm³/mol. The molecule has 1 N–H and O–H groups in total. The highest BCUT2D eigenvalue weighted by Crippen LogP contribution is 2.40. The molecule has 0 unspecified atom stereocenters. The Labute approximate surface area is 329 Å². The summed E-state index contributed by atoms with van der Waals surface area (Å²) in [5, 5.41) is 11.5. The van der Waals surface area contributed by atoms with Crippen molar-refractivity contribution < 1.29 is 9.84 Å². The van der Waals surface area contributed by atoms with Crippen molar-refractivity contribution in [3.8, 4) is 90.2 Å². The van der Waals surface area contributed by atoms with Crippen LogP contribution in [0.25, 0.3) is 78.7 Å². The Bertz CT molecular complexity index is 2400. The topological polar surface area (TPSA) is 68.1 Å². The third-order valence-electron chi connectivity index (χ3n) is 10.0. The van der Waals surface area contributed by atoms with Gasteiger partial charge < -0.3 is 9.84 Å². The molecule has 0 bridgehead atoms. The lowest BCUT2D eigenvalue weighted by molar-refractivity contribution is 0.303. The summed E-state index contributed by atoms with van der Waals surface area (Å²) in [7, 11) is 0. The number of phenolic OH excluding ortho intramolecular Hbond substituents is 1. The molecule has 8 rings (SSSR count). The van der Waals surface area contributed by atoms with Gasteiger partial charge in [-0.3, -0.25) is 0 Å². The maximum absolute atomic E-state index is 11.5. The van der Waals surface area contributed by atoms with E-state index in [4.69, 9.17) is 19.7 Å². The average Bonchev–Trinajstić information content (AvgIpc) is 3.27. The lowest BCUT2D eigenvalue weighted by Crippen LogP contribution is -2.03. The van der Waals surface area contributed by atoms with E-state index in [0.717, 1.165) is 68.5 Å². The molecular weight excluding hydrogens is 687 g/mol. The minimum absolute atomic E-state index is 0.0459. The minimum atomic E-state index is 0.0459. The molecule has 56 heavy (non-hydrogen) atoms. The van der Waals surface area contributed by atoms with E-state index in [0.29, 0.717) is 35.4 Å². The number of nitrogens with zero attached hydrogens (tertiary/aromatic N) is 3. The molecule has 0 atom stereocenters. The van der Waals surface area contributed by atoms with Gasteiger partial charge in [-0.1, -0.05) is 160 Å². The molecule has 7 aromatic carbocycles. The van der Waals surface area contributed by atoms with Crippen LogP contribution < -0.4 is 4.74 Å².